The Morgan fingerprint density at radius 1 is 1.52 bits per heavy atom. The molecule has 3 saturated heterocycles. The average molecular weight is 346 g/mol. The van der Waals surface area contributed by atoms with Crippen LogP contribution in [0, 0.1) is 5.92 Å². The highest BCUT2D eigenvalue weighted by atomic mass is 16.5. The molecule has 2 amide bonds. The number of nitrogens with zero attached hydrogens (tertiary/aromatic N) is 3. The molecule has 7 nitrogen and oxygen atoms in total. The largest absolute Gasteiger partial charge is 0.351 e. The van der Waals surface area contributed by atoms with Crippen LogP contribution in [0.1, 0.15) is 45.1 Å². The van der Waals surface area contributed by atoms with Gasteiger partial charge in [0.2, 0.25) is 11.8 Å². The van der Waals surface area contributed by atoms with E-state index < -0.39 is 5.72 Å². The summed E-state index contributed by atoms with van der Waals surface area (Å²) in [6, 6.07) is 0.0128. The number of rotatable bonds is 5. The molecule has 136 valence electrons. The van der Waals surface area contributed by atoms with Crippen molar-refractivity contribution in [1.29, 1.82) is 0 Å². The van der Waals surface area contributed by atoms with Crippen molar-refractivity contribution in [3.63, 3.8) is 0 Å². The highest BCUT2D eigenvalue weighted by Crippen LogP contribution is 2.48. The summed E-state index contributed by atoms with van der Waals surface area (Å²) >= 11 is 0. The lowest BCUT2D eigenvalue weighted by atomic mass is 10.0. The first-order valence-corrected chi connectivity index (χ1v) is 9.26. The van der Waals surface area contributed by atoms with Crippen LogP contribution in [0.2, 0.25) is 0 Å². The average Bonchev–Trinajstić information content (AvgIpc) is 3.30. The third-order valence-electron chi connectivity index (χ3n) is 5.99. The maximum atomic E-state index is 12.7. The maximum absolute atomic E-state index is 12.7. The van der Waals surface area contributed by atoms with Gasteiger partial charge in [0.15, 0.2) is 5.72 Å². The Balaban J connectivity index is 1.42. The minimum Gasteiger partial charge on any atom is -0.351 e. The fourth-order valence-corrected chi connectivity index (χ4v) is 4.67. The molecule has 1 N–H and O–H groups in total. The van der Waals surface area contributed by atoms with Crippen molar-refractivity contribution >= 4 is 11.8 Å². The number of nitrogens with one attached hydrogen (secondary N) is 1. The zero-order valence-electron chi connectivity index (χ0n) is 14.9. The highest BCUT2D eigenvalue weighted by molar-refractivity contribution is 5.85. The first-order valence-electron chi connectivity index (χ1n) is 9.26. The van der Waals surface area contributed by atoms with Crippen LogP contribution >= 0.6 is 0 Å². The Bertz CT molecular complexity index is 659. The summed E-state index contributed by atoms with van der Waals surface area (Å²) in [5.41, 5.74) is 0.554. The van der Waals surface area contributed by atoms with E-state index in [1.165, 1.54) is 0 Å². The van der Waals surface area contributed by atoms with Gasteiger partial charge in [-0.1, -0.05) is 13.8 Å². The van der Waals surface area contributed by atoms with Gasteiger partial charge < -0.3 is 14.5 Å². The third-order valence-corrected chi connectivity index (χ3v) is 5.99. The minimum absolute atomic E-state index is 0.120. The molecule has 0 bridgehead atoms. The van der Waals surface area contributed by atoms with Crippen LogP contribution in [0.15, 0.2) is 12.4 Å². The Morgan fingerprint density at radius 2 is 2.36 bits per heavy atom. The smallest absolute Gasteiger partial charge is 0.227 e. The molecular formula is C18H26N4O3. The van der Waals surface area contributed by atoms with E-state index in [0.29, 0.717) is 31.9 Å². The van der Waals surface area contributed by atoms with Crippen LogP contribution < -0.4 is 0 Å². The van der Waals surface area contributed by atoms with Crippen LogP contribution in [-0.4, -0.2) is 62.8 Å². The molecule has 4 rings (SSSR count). The Hall–Kier alpha value is -1.89. The molecule has 1 aromatic rings. The van der Waals surface area contributed by atoms with Crippen molar-refractivity contribution in [2.45, 2.75) is 63.8 Å². The molecule has 1 aromatic heterocycles. The van der Waals surface area contributed by atoms with E-state index in [2.05, 4.69) is 24.0 Å². The van der Waals surface area contributed by atoms with Crippen molar-refractivity contribution in [2.24, 2.45) is 5.92 Å². The molecule has 0 saturated carbocycles. The van der Waals surface area contributed by atoms with Gasteiger partial charge in [-0.25, -0.2) is 0 Å². The van der Waals surface area contributed by atoms with Gasteiger partial charge in [-0.05, 0) is 24.3 Å². The fourth-order valence-electron chi connectivity index (χ4n) is 4.67. The number of aromatic nitrogens is 2. The molecular weight excluding hydrogens is 320 g/mol. The van der Waals surface area contributed by atoms with E-state index in [1.807, 2.05) is 16.0 Å². The van der Waals surface area contributed by atoms with Crippen LogP contribution in [0.5, 0.6) is 0 Å². The second-order valence-corrected chi connectivity index (χ2v) is 7.75. The zero-order chi connectivity index (χ0) is 17.6. The number of hydrogen-bond donors (Lipinski definition) is 1. The second kappa shape index (κ2) is 6.12. The van der Waals surface area contributed by atoms with E-state index in [0.717, 1.165) is 24.8 Å². The number of aromatic amines is 1. The van der Waals surface area contributed by atoms with E-state index in [9.17, 15) is 9.59 Å². The Labute approximate surface area is 147 Å². The standard InChI is InChI=1S/C18H26N4O3/c1-12(2)14-11-25-18-6-7-21(15(18)8-17(24)22(14)18)16(23)5-3-4-13-9-19-20-10-13/h9-10,12,14-15H,3-8,11H2,1-2H3,(H,19,20)/t14-,15+,18-/m0/s1. The summed E-state index contributed by atoms with van der Waals surface area (Å²) in [6.45, 7) is 5.52. The van der Waals surface area contributed by atoms with E-state index in [-0.39, 0.29) is 23.9 Å². The predicted octanol–water partition coefficient (Wildman–Crippen LogP) is 1.32. The van der Waals surface area contributed by atoms with Gasteiger partial charge in [-0.2, -0.15) is 5.10 Å². The number of carbonyl (C=O) groups excluding carboxylic acids is 2. The van der Waals surface area contributed by atoms with Crippen molar-refractivity contribution in [1.82, 2.24) is 20.0 Å². The van der Waals surface area contributed by atoms with Gasteiger partial charge in [0.05, 0.1) is 31.3 Å². The molecule has 3 atom stereocenters. The van der Waals surface area contributed by atoms with Crippen molar-refractivity contribution in [2.75, 3.05) is 13.2 Å². The molecule has 1 spiro atoms. The van der Waals surface area contributed by atoms with Crippen LogP contribution in [-0.2, 0) is 20.7 Å². The number of ether oxygens (including phenoxy) is 1. The number of likely N-dealkylation sites (tertiary alicyclic amines) is 1. The fraction of sp³-hybridized carbons (Fsp3) is 0.722. The molecule has 4 heterocycles. The maximum Gasteiger partial charge on any atom is 0.227 e. The molecule has 3 aliphatic rings. The molecule has 0 unspecified atom stereocenters. The summed E-state index contributed by atoms with van der Waals surface area (Å²) in [5, 5.41) is 6.72. The highest BCUT2D eigenvalue weighted by Gasteiger charge is 2.65. The number of H-pyrrole nitrogens is 1. The molecule has 0 radical (unpaired) electrons. The summed E-state index contributed by atoms with van der Waals surface area (Å²) in [5.74, 6) is 0.635. The van der Waals surface area contributed by atoms with Crippen molar-refractivity contribution < 1.29 is 14.3 Å². The molecule has 7 heteroatoms. The summed E-state index contributed by atoms with van der Waals surface area (Å²) in [6.07, 6.45) is 6.92. The number of aryl methyl sites for hydroxylation is 1. The van der Waals surface area contributed by atoms with E-state index >= 15 is 0 Å². The topological polar surface area (TPSA) is 78.5 Å². The van der Waals surface area contributed by atoms with Crippen molar-refractivity contribution in [3.05, 3.63) is 18.0 Å². The normalized spacial score (nSPS) is 31.1. The zero-order valence-corrected chi connectivity index (χ0v) is 14.9. The minimum atomic E-state index is -0.563. The first-order chi connectivity index (χ1) is 12.0. The second-order valence-electron chi connectivity index (χ2n) is 7.75. The van der Waals surface area contributed by atoms with Crippen LogP contribution in [0.3, 0.4) is 0 Å². The quantitative estimate of drug-likeness (QED) is 0.872. The van der Waals surface area contributed by atoms with Gasteiger partial charge in [0, 0.05) is 25.6 Å². The lowest BCUT2D eigenvalue weighted by Gasteiger charge is -2.34. The molecule has 0 aromatic carbocycles. The molecule has 3 aliphatic heterocycles. The first kappa shape index (κ1) is 16.6. The summed E-state index contributed by atoms with van der Waals surface area (Å²) < 4.78 is 6.18. The van der Waals surface area contributed by atoms with Crippen molar-refractivity contribution in [3.8, 4) is 0 Å². The van der Waals surface area contributed by atoms with Gasteiger partial charge in [0.1, 0.15) is 0 Å². The van der Waals surface area contributed by atoms with Gasteiger partial charge in [-0.15, -0.1) is 0 Å². The van der Waals surface area contributed by atoms with Gasteiger partial charge in [0.25, 0.3) is 0 Å². The van der Waals surface area contributed by atoms with Crippen LogP contribution in [0.4, 0.5) is 0 Å². The van der Waals surface area contributed by atoms with E-state index in [1.54, 1.807) is 6.20 Å². The molecule has 3 fully saturated rings. The predicted molar refractivity (Wildman–Crippen MR) is 90.4 cm³/mol. The van der Waals surface area contributed by atoms with Crippen LogP contribution in [0.25, 0.3) is 0 Å². The number of amides is 2. The summed E-state index contributed by atoms with van der Waals surface area (Å²) in [4.78, 5) is 29.2. The Morgan fingerprint density at radius 3 is 3.08 bits per heavy atom. The monoisotopic (exact) mass is 346 g/mol. The third kappa shape index (κ3) is 2.56. The van der Waals surface area contributed by atoms with E-state index in [4.69, 9.17) is 4.74 Å². The number of carbonyl (C=O) groups is 2. The lowest BCUT2D eigenvalue weighted by Crippen LogP contribution is -2.51. The SMILES string of the molecule is CC(C)[C@@H]1CO[C@@]23CCN(C(=O)CCCc4cn[nH]c4)[C@@H]2CC(=O)N13. The van der Waals surface area contributed by atoms with Gasteiger partial charge in [-0.3, -0.25) is 14.7 Å². The van der Waals surface area contributed by atoms with Gasteiger partial charge >= 0.3 is 0 Å². The number of hydrogen-bond acceptors (Lipinski definition) is 4. The lowest BCUT2D eigenvalue weighted by molar-refractivity contribution is -0.141. The molecule has 25 heavy (non-hydrogen) atoms. The molecule has 0 aliphatic carbocycles. The summed E-state index contributed by atoms with van der Waals surface area (Å²) in [7, 11) is 0. The Kier molecular flexibility index (Phi) is 4.06.